The minimum absolute atomic E-state index is 0.359. The standard InChI is InChI=1S/C13H12F2N2O/c14-9-3-8(4-10(15)5-9)13-6-12(17-18-13)7-16-11-1-2-11/h3-6,11,16H,1-2,7H2. The number of benzene rings is 1. The lowest BCUT2D eigenvalue weighted by Gasteiger charge is -1.97. The van der Waals surface area contributed by atoms with E-state index in [1.807, 2.05) is 0 Å². The third-order valence-electron chi connectivity index (χ3n) is 2.86. The average Bonchev–Trinajstić information content (AvgIpc) is 3.02. The Bertz CT molecular complexity index is 544. The van der Waals surface area contributed by atoms with Crippen LogP contribution in [0.2, 0.25) is 0 Å². The van der Waals surface area contributed by atoms with E-state index in [0.717, 1.165) is 11.8 Å². The van der Waals surface area contributed by atoms with Gasteiger partial charge in [0.15, 0.2) is 5.76 Å². The molecule has 1 aliphatic rings. The van der Waals surface area contributed by atoms with Crippen LogP contribution in [0.25, 0.3) is 11.3 Å². The lowest BCUT2D eigenvalue weighted by atomic mass is 10.1. The molecule has 3 rings (SSSR count). The van der Waals surface area contributed by atoms with E-state index in [1.165, 1.54) is 25.0 Å². The van der Waals surface area contributed by atoms with Gasteiger partial charge in [-0.3, -0.25) is 0 Å². The zero-order chi connectivity index (χ0) is 12.5. The van der Waals surface area contributed by atoms with Crippen LogP contribution in [-0.2, 0) is 6.54 Å². The summed E-state index contributed by atoms with van der Waals surface area (Å²) in [6, 6.07) is 5.55. The molecular weight excluding hydrogens is 238 g/mol. The molecule has 94 valence electrons. The number of rotatable bonds is 4. The molecule has 0 saturated heterocycles. The van der Waals surface area contributed by atoms with Crippen molar-refractivity contribution in [1.29, 1.82) is 0 Å². The van der Waals surface area contributed by atoms with Crippen molar-refractivity contribution in [3.8, 4) is 11.3 Å². The summed E-state index contributed by atoms with van der Waals surface area (Å²) >= 11 is 0. The lowest BCUT2D eigenvalue weighted by molar-refractivity contribution is 0.419. The normalized spacial score (nSPS) is 15.0. The molecule has 5 heteroatoms. The lowest BCUT2D eigenvalue weighted by Crippen LogP contribution is -2.15. The second-order valence-corrected chi connectivity index (χ2v) is 4.50. The molecule has 0 radical (unpaired) electrons. The molecule has 1 fully saturated rings. The van der Waals surface area contributed by atoms with E-state index < -0.39 is 11.6 Å². The first-order valence-corrected chi connectivity index (χ1v) is 5.86. The summed E-state index contributed by atoms with van der Waals surface area (Å²) in [4.78, 5) is 0. The summed E-state index contributed by atoms with van der Waals surface area (Å²) in [6.45, 7) is 0.617. The smallest absolute Gasteiger partial charge is 0.167 e. The van der Waals surface area contributed by atoms with Crippen LogP contribution in [0.1, 0.15) is 18.5 Å². The minimum atomic E-state index is -0.626. The largest absolute Gasteiger partial charge is 0.356 e. The molecule has 1 aromatic heterocycles. The van der Waals surface area contributed by atoms with Crippen molar-refractivity contribution >= 4 is 0 Å². The molecule has 1 heterocycles. The fourth-order valence-electron chi connectivity index (χ4n) is 1.76. The van der Waals surface area contributed by atoms with Crippen LogP contribution in [0.4, 0.5) is 8.78 Å². The molecule has 0 amide bonds. The van der Waals surface area contributed by atoms with Crippen molar-refractivity contribution in [3.05, 3.63) is 41.6 Å². The highest BCUT2D eigenvalue weighted by Crippen LogP contribution is 2.23. The predicted octanol–water partition coefficient (Wildman–Crippen LogP) is 2.87. The molecule has 1 aromatic carbocycles. The van der Waals surface area contributed by atoms with Crippen molar-refractivity contribution in [1.82, 2.24) is 10.5 Å². The molecule has 0 aliphatic heterocycles. The summed E-state index contributed by atoms with van der Waals surface area (Å²) in [5, 5.41) is 7.16. The Kier molecular flexibility index (Phi) is 2.83. The number of nitrogens with one attached hydrogen (secondary N) is 1. The van der Waals surface area contributed by atoms with Gasteiger partial charge < -0.3 is 9.84 Å². The summed E-state index contributed by atoms with van der Waals surface area (Å²) in [5.41, 5.74) is 1.10. The Labute approximate surface area is 103 Å². The van der Waals surface area contributed by atoms with Gasteiger partial charge in [-0.1, -0.05) is 5.16 Å². The van der Waals surface area contributed by atoms with Crippen molar-refractivity contribution in [2.45, 2.75) is 25.4 Å². The molecule has 2 aromatic rings. The van der Waals surface area contributed by atoms with Crippen LogP contribution in [0.15, 0.2) is 28.8 Å². The Balaban J connectivity index is 1.78. The first kappa shape index (κ1) is 11.3. The molecule has 1 N–H and O–H groups in total. The van der Waals surface area contributed by atoms with Crippen LogP contribution in [-0.4, -0.2) is 11.2 Å². The Morgan fingerprint density at radius 2 is 1.89 bits per heavy atom. The number of hydrogen-bond acceptors (Lipinski definition) is 3. The highest BCUT2D eigenvalue weighted by molar-refractivity contribution is 5.57. The summed E-state index contributed by atoms with van der Waals surface area (Å²) < 4.78 is 31.2. The SMILES string of the molecule is Fc1cc(F)cc(-c2cc(CNC3CC3)no2)c1. The number of aromatic nitrogens is 1. The molecule has 18 heavy (non-hydrogen) atoms. The average molecular weight is 250 g/mol. The fourth-order valence-corrected chi connectivity index (χ4v) is 1.76. The van der Waals surface area contributed by atoms with Crippen molar-refractivity contribution in [2.75, 3.05) is 0 Å². The van der Waals surface area contributed by atoms with E-state index in [2.05, 4.69) is 10.5 Å². The molecule has 1 saturated carbocycles. The summed E-state index contributed by atoms with van der Waals surface area (Å²) in [7, 11) is 0. The van der Waals surface area contributed by atoms with E-state index in [0.29, 0.717) is 23.9 Å². The Morgan fingerprint density at radius 1 is 1.17 bits per heavy atom. The van der Waals surface area contributed by atoms with Gasteiger partial charge in [0.05, 0.1) is 5.69 Å². The summed E-state index contributed by atoms with van der Waals surface area (Å²) in [5.74, 6) is -0.876. The maximum absolute atomic E-state index is 13.1. The molecule has 0 bridgehead atoms. The van der Waals surface area contributed by atoms with Gasteiger partial charge in [-0.2, -0.15) is 0 Å². The van der Waals surface area contributed by atoms with E-state index >= 15 is 0 Å². The van der Waals surface area contributed by atoms with Crippen molar-refractivity contribution in [3.63, 3.8) is 0 Å². The van der Waals surface area contributed by atoms with Gasteiger partial charge in [0.1, 0.15) is 11.6 Å². The highest BCUT2D eigenvalue weighted by Gasteiger charge is 2.20. The predicted molar refractivity (Wildman–Crippen MR) is 61.7 cm³/mol. The van der Waals surface area contributed by atoms with Crippen molar-refractivity contribution in [2.24, 2.45) is 0 Å². The number of halogens is 2. The quantitative estimate of drug-likeness (QED) is 0.906. The third-order valence-corrected chi connectivity index (χ3v) is 2.86. The first-order chi connectivity index (χ1) is 8.70. The second kappa shape index (κ2) is 4.49. The van der Waals surface area contributed by atoms with Gasteiger partial charge in [-0.25, -0.2) is 8.78 Å². The van der Waals surface area contributed by atoms with Gasteiger partial charge in [-0.05, 0) is 25.0 Å². The Hall–Kier alpha value is -1.75. The monoisotopic (exact) mass is 250 g/mol. The first-order valence-electron chi connectivity index (χ1n) is 5.86. The number of nitrogens with zero attached hydrogens (tertiary/aromatic N) is 1. The zero-order valence-electron chi connectivity index (χ0n) is 9.62. The molecule has 0 spiro atoms. The van der Waals surface area contributed by atoms with E-state index in [1.54, 1.807) is 6.07 Å². The maximum atomic E-state index is 13.1. The van der Waals surface area contributed by atoms with Crippen LogP contribution in [0, 0.1) is 11.6 Å². The molecule has 1 aliphatic carbocycles. The highest BCUT2D eigenvalue weighted by atomic mass is 19.1. The van der Waals surface area contributed by atoms with Crippen molar-refractivity contribution < 1.29 is 13.3 Å². The molecular formula is C13H12F2N2O. The van der Waals surface area contributed by atoms with Gasteiger partial charge in [0.25, 0.3) is 0 Å². The number of hydrogen-bond donors (Lipinski definition) is 1. The van der Waals surface area contributed by atoms with Gasteiger partial charge >= 0.3 is 0 Å². The van der Waals surface area contributed by atoms with E-state index in [4.69, 9.17) is 4.52 Å². The molecule has 0 unspecified atom stereocenters. The van der Waals surface area contributed by atoms with Gasteiger partial charge in [-0.15, -0.1) is 0 Å². The van der Waals surface area contributed by atoms with Crippen LogP contribution >= 0.6 is 0 Å². The van der Waals surface area contributed by atoms with Gasteiger partial charge in [0.2, 0.25) is 0 Å². The third kappa shape index (κ3) is 2.56. The Morgan fingerprint density at radius 3 is 2.56 bits per heavy atom. The fraction of sp³-hybridized carbons (Fsp3) is 0.308. The minimum Gasteiger partial charge on any atom is -0.356 e. The second-order valence-electron chi connectivity index (χ2n) is 4.50. The van der Waals surface area contributed by atoms with E-state index in [-0.39, 0.29) is 0 Å². The van der Waals surface area contributed by atoms with E-state index in [9.17, 15) is 8.78 Å². The van der Waals surface area contributed by atoms with Gasteiger partial charge in [0, 0.05) is 30.3 Å². The molecule has 0 atom stereocenters. The zero-order valence-corrected chi connectivity index (χ0v) is 9.62. The van der Waals surface area contributed by atoms with Crippen LogP contribution in [0.5, 0.6) is 0 Å². The molecule has 3 nitrogen and oxygen atoms in total. The van der Waals surface area contributed by atoms with Crippen LogP contribution in [0.3, 0.4) is 0 Å². The maximum Gasteiger partial charge on any atom is 0.167 e. The topological polar surface area (TPSA) is 38.1 Å². The summed E-state index contributed by atoms with van der Waals surface area (Å²) in [6.07, 6.45) is 2.39. The van der Waals surface area contributed by atoms with Crippen LogP contribution < -0.4 is 5.32 Å².